The molecule has 1 aromatic carbocycles. The van der Waals surface area contributed by atoms with Crippen molar-refractivity contribution < 1.29 is 9.47 Å². The third kappa shape index (κ3) is 3.37. The lowest BCUT2D eigenvalue weighted by Crippen LogP contribution is -2.44. The second-order valence-electron chi connectivity index (χ2n) is 4.57. The highest BCUT2D eigenvalue weighted by Crippen LogP contribution is 2.25. The molecule has 1 unspecified atom stereocenters. The highest BCUT2D eigenvalue weighted by molar-refractivity contribution is 5.61. The van der Waals surface area contributed by atoms with Crippen LogP contribution in [0.5, 0.6) is 5.75 Å². The standard InChI is InChI=1S/C14H19N3O2/c1-17(10-13-9-16-5-6-19-13)14-7-12(18-2)4-3-11(14)8-15/h3-4,7,13,16H,5-6,9-10H2,1-2H3. The van der Waals surface area contributed by atoms with Gasteiger partial charge in [-0.3, -0.25) is 0 Å². The van der Waals surface area contributed by atoms with E-state index in [4.69, 9.17) is 9.47 Å². The summed E-state index contributed by atoms with van der Waals surface area (Å²) in [5, 5.41) is 12.5. The highest BCUT2D eigenvalue weighted by atomic mass is 16.5. The minimum absolute atomic E-state index is 0.150. The highest BCUT2D eigenvalue weighted by Gasteiger charge is 2.17. The van der Waals surface area contributed by atoms with Gasteiger partial charge in [0, 0.05) is 32.7 Å². The van der Waals surface area contributed by atoms with Gasteiger partial charge in [-0.15, -0.1) is 0 Å². The maximum atomic E-state index is 9.18. The second-order valence-corrected chi connectivity index (χ2v) is 4.57. The maximum absolute atomic E-state index is 9.18. The number of benzene rings is 1. The lowest BCUT2D eigenvalue weighted by molar-refractivity contribution is 0.0340. The SMILES string of the molecule is COc1ccc(C#N)c(N(C)CC2CNCCO2)c1. The van der Waals surface area contributed by atoms with E-state index < -0.39 is 0 Å². The number of ether oxygens (including phenoxy) is 2. The molecule has 0 spiro atoms. The Kier molecular flexibility index (Phi) is 4.61. The molecule has 1 N–H and O–H groups in total. The van der Waals surface area contributed by atoms with Crippen molar-refractivity contribution in [1.82, 2.24) is 5.32 Å². The molecular weight excluding hydrogens is 242 g/mol. The van der Waals surface area contributed by atoms with Gasteiger partial charge in [-0.05, 0) is 12.1 Å². The summed E-state index contributed by atoms with van der Waals surface area (Å²) in [5.41, 5.74) is 1.52. The van der Waals surface area contributed by atoms with Gasteiger partial charge in [0.1, 0.15) is 11.8 Å². The van der Waals surface area contributed by atoms with Gasteiger partial charge in [0.15, 0.2) is 0 Å². The molecule has 0 radical (unpaired) electrons. The Morgan fingerprint density at radius 3 is 3.05 bits per heavy atom. The van der Waals surface area contributed by atoms with E-state index in [0.717, 1.165) is 37.7 Å². The number of nitrogens with one attached hydrogen (secondary N) is 1. The van der Waals surface area contributed by atoms with E-state index in [1.807, 2.05) is 18.0 Å². The first-order valence-electron chi connectivity index (χ1n) is 6.36. The molecule has 0 aromatic heterocycles. The number of hydrogen-bond acceptors (Lipinski definition) is 5. The normalized spacial score (nSPS) is 18.7. The molecule has 1 atom stereocenters. The van der Waals surface area contributed by atoms with E-state index in [1.165, 1.54) is 0 Å². The van der Waals surface area contributed by atoms with Crippen LogP contribution in [0.1, 0.15) is 5.56 Å². The molecule has 0 amide bonds. The Balaban J connectivity index is 2.12. The summed E-state index contributed by atoms with van der Waals surface area (Å²) in [7, 11) is 3.59. The van der Waals surface area contributed by atoms with Gasteiger partial charge in [-0.25, -0.2) is 0 Å². The van der Waals surface area contributed by atoms with Crippen LogP contribution in [0.2, 0.25) is 0 Å². The monoisotopic (exact) mass is 261 g/mol. The van der Waals surface area contributed by atoms with Crippen LogP contribution in [-0.2, 0) is 4.74 Å². The Morgan fingerprint density at radius 2 is 2.42 bits per heavy atom. The number of likely N-dealkylation sites (N-methyl/N-ethyl adjacent to an activating group) is 1. The van der Waals surface area contributed by atoms with Crippen LogP contribution in [0, 0.1) is 11.3 Å². The van der Waals surface area contributed by atoms with Gasteiger partial charge in [0.05, 0.1) is 31.1 Å². The fraction of sp³-hybridized carbons (Fsp3) is 0.500. The number of hydrogen-bond donors (Lipinski definition) is 1. The molecule has 1 heterocycles. The topological polar surface area (TPSA) is 57.5 Å². The first-order chi connectivity index (χ1) is 9.24. The second kappa shape index (κ2) is 6.41. The average molecular weight is 261 g/mol. The van der Waals surface area contributed by atoms with Crippen molar-refractivity contribution >= 4 is 5.69 Å². The molecule has 5 heteroatoms. The molecule has 1 aliphatic rings. The minimum atomic E-state index is 0.150. The molecule has 1 saturated heterocycles. The fourth-order valence-corrected chi connectivity index (χ4v) is 2.19. The van der Waals surface area contributed by atoms with Crippen LogP contribution in [0.25, 0.3) is 0 Å². The van der Waals surface area contributed by atoms with E-state index in [1.54, 1.807) is 19.2 Å². The molecular formula is C14H19N3O2. The first-order valence-corrected chi connectivity index (χ1v) is 6.36. The largest absolute Gasteiger partial charge is 0.497 e. The lowest BCUT2D eigenvalue weighted by Gasteiger charge is -2.29. The van der Waals surface area contributed by atoms with Crippen LogP contribution < -0.4 is 15.0 Å². The van der Waals surface area contributed by atoms with E-state index in [-0.39, 0.29) is 6.10 Å². The molecule has 102 valence electrons. The van der Waals surface area contributed by atoms with Gasteiger partial charge < -0.3 is 19.7 Å². The Hall–Kier alpha value is -1.77. The number of anilines is 1. The zero-order chi connectivity index (χ0) is 13.7. The van der Waals surface area contributed by atoms with Crippen molar-refractivity contribution in [3.05, 3.63) is 23.8 Å². The van der Waals surface area contributed by atoms with Crippen LogP contribution in [0.4, 0.5) is 5.69 Å². The number of rotatable bonds is 4. The van der Waals surface area contributed by atoms with Gasteiger partial charge in [-0.1, -0.05) is 0 Å². The summed E-state index contributed by atoms with van der Waals surface area (Å²) in [6.07, 6.45) is 0.150. The van der Waals surface area contributed by atoms with Gasteiger partial charge in [-0.2, -0.15) is 5.26 Å². The molecule has 1 fully saturated rings. The fourth-order valence-electron chi connectivity index (χ4n) is 2.19. The summed E-state index contributed by atoms with van der Waals surface area (Å²) in [4.78, 5) is 2.04. The number of morpholine rings is 1. The van der Waals surface area contributed by atoms with Gasteiger partial charge in [0.25, 0.3) is 0 Å². The van der Waals surface area contributed by atoms with Crippen molar-refractivity contribution in [1.29, 1.82) is 5.26 Å². The van der Waals surface area contributed by atoms with E-state index >= 15 is 0 Å². The Morgan fingerprint density at radius 1 is 1.58 bits per heavy atom. The molecule has 2 rings (SSSR count). The van der Waals surface area contributed by atoms with Crippen molar-refractivity contribution in [2.24, 2.45) is 0 Å². The zero-order valence-electron chi connectivity index (χ0n) is 11.3. The van der Waals surface area contributed by atoms with E-state index in [2.05, 4.69) is 11.4 Å². The van der Waals surface area contributed by atoms with Gasteiger partial charge in [0.2, 0.25) is 0 Å². The van der Waals surface area contributed by atoms with Crippen molar-refractivity contribution in [3.63, 3.8) is 0 Å². The Labute approximate surface area is 113 Å². The van der Waals surface area contributed by atoms with Crippen LogP contribution in [0.3, 0.4) is 0 Å². The van der Waals surface area contributed by atoms with Crippen molar-refractivity contribution in [3.8, 4) is 11.8 Å². The third-order valence-corrected chi connectivity index (χ3v) is 3.22. The quantitative estimate of drug-likeness (QED) is 0.876. The summed E-state index contributed by atoms with van der Waals surface area (Å²) >= 11 is 0. The summed E-state index contributed by atoms with van der Waals surface area (Å²) in [6, 6.07) is 7.68. The van der Waals surface area contributed by atoms with E-state index in [9.17, 15) is 5.26 Å². The molecule has 0 bridgehead atoms. The molecule has 0 aliphatic carbocycles. The number of nitriles is 1. The molecule has 1 aliphatic heterocycles. The smallest absolute Gasteiger partial charge is 0.121 e. The van der Waals surface area contributed by atoms with E-state index in [0.29, 0.717) is 5.56 Å². The van der Waals surface area contributed by atoms with Crippen LogP contribution in [-0.4, -0.2) is 46.5 Å². The number of nitrogens with zero attached hydrogens (tertiary/aromatic N) is 2. The number of methoxy groups -OCH3 is 1. The lowest BCUT2D eigenvalue weighted by atomic mass is 10.1. The molecule has 19 heavy (non-hydrogen) atoms. The summed E-state index contributed by atoms with van der Waals surface area (Å²) in [5.74, 6) is 0.753. The predicted octanol–water partition coefficient (Wildman–Crippen LogP) is 0.991. The third-order valence-electron chi connectivity index (χ3n) is 3.22. The van der Waals surface area contributed by atoms with Crippen molar-refractivity contribution in [2.75, 3.05) is 45.3 Å². The minimum Gasteiger partial charge on any atom is -0.497 e. The maximum Gasteiger partial charge on any atom is 0.121 e. The summed E-state index contributed by atoms with van der Waals surface area (Å²) < 4.78 is 10.9. The van der Waals surface area contributed by atoms with Gasteiger partial charge >= 0.3 is 0 Å². The van der Waals surface area contributed by atoms with Crippen LogP contribution in [0.15, 0.2) is 18.2 Å². The molecule has 5 nitrogen and oxygen atoms in total. The average Bonchev–Trinajstić information content (AvgIpc) is 2.47. The molecule has 1 aromatic rings. The summed E-state index contributed by atoms with van der Waals surface area (Å²) in [6.45, 7) is 3.23. The Bertz CT molecular complexity index is 464. The van der Waals surface area contributed by atoms with Crippen molar-refractivity contribution in [2.45, 2.75) is 6.10 Å². The predicted molar refractivity (Wildman–Crippen MR) is 73.6 cm³/mol. The molecule has 0 saturated carbocycles. The first kappa shape index (κ1) is 13.7. The van der Waals surface area contributed by atoms with Crippen LogP contribution >= 0.6 is 0 Å². The zero-order valence-corrected chi connectivity index (χ0v) is 11.3.